The molecule has 1 saturated heterocycles. The molecule has 92 valence electrons. The van der Waals surface area contributed by atoms with Crippen molar-refractivity contribution in [1.82, 2.24) is 5.32 Å². The Balaban J connectivity index is 2.34. The summed E-state index contributed by atoms with van der Waals surface area (Å²) < 4.78 is 5.30. The summed E-state index contributed by atoms with van der Waals surface area (Å²) in [5.74, 6) is -0.112. The summed E-state index contributed by atoms with van der Waals surface area (Å²) in [5, 5.41) is 2.64. The number of benzene rings is 1. The molecule has 0 unspecified atom stereocenters. The van der Waals surface area contributed by atoms with Gasteiger partial charge in [0.15, 0.2) is 0 Å². The molecule has 0 radical (unpaired) electrons. The predicted octanol–water partition coefficient (Wildman–Crippen LogP) is 0.465. The first kappa shape index (κ1) is 11.7. The zero-order valence-corrected chi connectivity index (χ0v) is 9.90. The average Bonchev–Trinajstić information content (AvgIpc) is 2.38. The number of nitrogens with one attached hydrogen (secondary N) is 1. The first-order chi connectivity index (χ1) is 8.22. The molecule has 0 spiro atoms. The van der Waals surface area contributed by atoms with Crippen LogP contribution in [-0.2, 0) is 4.74 Å². The molecule has 0 aromatic heterocycles. The fourth-order valence-electron chi connectivity index (χ4n) is 1.95. The van der Waals surface area contributed by atoms with Gasteiger partial charge in [0.1, 0.15) is 0 Å². The van der Waals surface area contributed by atoms with Crippen LogP contribution in [0.3, 0.4) is 0 Å². The summed E-state index contributed by atoms with van der Waals surface area (Å²) in [5.41, 5.74) is 7.86. The monoisotopic (exact) mass is 235 g/mol. The molecule has 1 aromatic carbocycles. The van der Waals surface area contributed by atoms with Crippen molar-refractivity contribution in [2.45, 2.75) is 0 Å². The van der Waals surface area contributed by atoms with Crippen molar-refractivity contribution in [3.05, 3.63) is 23.8 Å². The molecule has 1 aromatic rings. The first-order valence-corrected chi connectivity index (χ1v) is 5.66. The zero-order chi connectivity index (χ0) is 12.3. The highest BCUT2D eigenvalue weighted by molar-refractivity contribution is 6.00. The Bertz CT molecular complexity index is 414. The molecule has 5 heteroatoms. The molecule has 0 aliphatic carbocycles. The second kappa shape index (κ2) is 5.05. The third-order valence-electron chi connectivity index (χ3n) is 2.84. The molecule has 1 aliphatic rings. The van der Waals surface area contributed by atoms with E-state index in [1.54, 1.807) is 13.1 Å². The number of nitrogens with zero attached hydrogens (tertiary/aromatic N) is 1. The van der Waals surface area contributed by atoms with Crippen molar-refractivity contribution in [2.24, 2.45) is 0 Å². The summed E-state index contributed by atoms with van der Waals surface area (Å²) in [6, 6.07) is 5.42. The Morgan fingerprint density at radius 3 is 2.76 bits per heavy atom. The molecular weight excluding hydrogens is 218 g/mol. The smallest absolute Gasteiger partial charge is 0.253 e. The molecule has 5 nitrogen and oxygen atoms in total. The van der Waals surface area contributed by atoms with Crippen LogP contribution in [0.25, 0.3) is 0 Å². The number of morpholine rings is 1. The van der Waals surface area contributed by atoms with Gasteiger partial charge in [0.2, 0.25) is 0 Å². The minimum atomic E-state index is -0.112. The topological polar surface area (TPSA) is 67.6 Å². The van der Waals surface area contributed by atoms with E-state index in [9.17, 15) is 4.79 Å². The minimum Gasteiger partial charge on any atom is -0.399 e. The number of rotatable bonds is 2. The van der Waals surface area contributed by atoms with E-state index in [4.69, 9.17) is 10.5 Å². The number of anilines is 2. The van der Waals surface area contributed by atoms with Gasteiger partial charge in [-0.15, -0.1) is 0 Å². The highest BCUT2D eigenvalue weighted by Gasteiger charge is 2.18. The van der Waals surface area contributed by atoms with Gasteiger partial charge in [-0.05, 0) is 18.2 Å². The largest absolute Gasteiger partial charge is 0.399 e. The molecule has 2 rings (SSSR count). The SMILES string of the molecule is CNC(=O)c1cc(N)ccc1N1CCOCC1. The van der Waals surface area contributed by atoms with E-state index < -0.39 is 0 Å². The lowest BCUT2D eigenvalue weighted by molar-refractivity contribution is 0.0961. The van der Waals surface area contributed by atoms with Gasteiger partial charge in [0.25, 0.3) is 5.91 Å². The molecule has 0 bridgehead atoms. The van der Waals surface area contributed by atoms with Gasteiger partial charge in [-0.3, -0.25) is 4.79 Å². The van der Waals surface area contributed by atoms with Crippen molar-refractivity contribution >= 4 is 17.3 Å². The van der Waals surface area contributed by atoms with Crippen molar-refractivity contribution in [1.29, 1.82) is 0 Å². The lowest BCUT2D eigenvalue weighted by Crippen LogP contribution is -2.37. The molecule has 1 heterocycles. The van der Waals surface area contributed by atoms with Crippen molar-refractivity contribution in [3.63, 3.8) is 0 Å². The molecule has 1 aliphatic heterocycles. The second-order valence-electron chi connectivity index (χ2n) is 3.96. The Morgan fingerprint density at radius 2 is 2.12 bits per heavy atom. The molecule has 3 N–H and O–H groups in total. The van der Waals surface area contributed by atoms with Crippen LogP contribution in [0, 0.1) is 0 Å². The third kappa shape index (κ3) is 2.50. The quantitative estimate of drug-likeness (QED) is 0.731. The lowest BCUT2D eigenvalue weighted by Gasteiger charge is -2.30. The fraction of sp³-hybridized carbons (Fsp3) is 0.417. The molecule has 1 fully saturated rings. The number of hydrogen-bond donors (Lipinski definition) is 2. The number of hydrogen-bond acceptors (Lipinski definition) is 4. The van der Waals surface area contributed by atoms with Gasteiger partial charge < -0.3 is 20.7 Å². The lowest BCUT2D eigenvalue weighted by atomic mass is 10.1. The predicted molar refractivity (Wildman–Crippen MR) is 67.3 cm³/mol. The van der Waals surface area contributed by atoms with Gasteiger partial charge in [0, 0.05) is 31.5 Å². The van der Waals surface area contributed by atoms with Crippen LogP contribution in [0.15, 0.2) is 18.2 Å². The molecular formula is C12H17N3O2. The third-order valence-corrected chi connectivity index (χ3v) is 2.84. The summed E-state index contributed by atoms with van der Waals surface area (Å²) in [4.78, 5) is 14.0. The van der Waals surface area contributed by atoms with Crippen LogP contribution in [0.2, 0.25) is 0 Å². The first-order valence-electron chi connectivity index (χ1n) is 5.66. The van der Waals surface area contributed by atoms with Crippen LogP contribution >= 0.6 is 0 Å². The summed E-state index contributed by atoms with van der Waals surface area (Å²) in [6.07, 6.45) is 0. The van der Waals surface area contributed by atoms with Crippen LogP contribution in [0.4, 0.5) is 11.4 Å². The molecule has 0 saturated carbocycles. The van der Waals surface area contributed by atoms with E-state index in [1.807, 2.05) is 12.1 Å². The Morgan fingerprint density at radius 1 is 1.41 bits per heavy atom. The maximum Gasteiger partial charge on any atom is 0.253 e. The number of carbonyl (C=O) groups is 1. The molecule has 17 heavy (non-hydrogen) atoms. The van der Waals surface area contributed by atoms with Gasteiger partial charge >= 0.3 is 0 Å². The van der Waals surface area contributed by atoms with E-state index >= 15 is 0 Å². The number of ether oxygens (including phenoxy) is 1. The summed E-state index contributed by atoms with van der Waals surface area (Å²) in [7, 11) is 1.62. The van der Waals surface area contributed by atoms with E-state index in [1.165, 1.54) is 0 Å². The Hall–Kier alpha value is -1.75. The number of nitrogens with two attached hydrogens (primary N) is 1. The van der Waals surface area contributed by atoms with Crippen LogP contribution in [0.1, 0.15) is 10.4 Å². The number of carbonyl (C=O) groups excluding carboxylic acids is 1. The maximum atomic E-state index is 11.8. The number of nitrogen functional groups attached to an aromatic ring is 1. The van der Waals surface area contributed by atoms with E-state index in [0.717, 1.165) is 18.8 Å². The fourth-order valence-corrected chi connectivity index (χ4v) is 1.95. The highest BCUT2D eigenvalue weighted by atomic mass is 16.5. The Kier molecular flexibility index (Phi) is 3.49. The molecule has 0 atom stereocenters. The van der Waals surface area contributed by atoms with Crippen LogP contribution in [-0.4, -0.2) is 39.3 Å². The van der Waals surface area contributed by atoms with Gasteiger partial charge in [-0.2, -0.15) is 0 Å². The van der Waals surface area contributed by atoms with E-state index in [2.05, 4.69) is 10.2 Å². The van der Waals surface area contributed by atoms with Crippen molar-refractivity contribution in [3.8, 4) is 0 Å². The van der Waals surface area contributed by atoms with Gasteiger partial charge in [0.05, 0.1) is 18.8 Å². The summed E-state index contributed by atoms with van der Waals surface area (Å²) in [6.45, 7) is 2.98. The highest BCUT2D eigenvalue weighted by Crippen LogP contribution is 2.24. The maximum absolute atomic E-state index is 11.8. The second-order valence-corrected chi connectivity index (χ2v) is 3.96. The van der Waals surface area contributed by atoms with Crippen molar-refractivity contribution < 1.29 is 9.53 Å². The standard InChI is InChI=1S/C12H17N3O2/c1-14-12(16)10-8-9(13)2-3-11(10)15-4-6-17-7-5-15/h2-3,8H,4-7,13H2,1H3,(H,14,16). The van der Waals surface area contributed by atoms with E-state index in [-0.39, 0.29) is 5.91 Å². The molecule has 1 amide bonds. The van der Waals surface area contributed by atoms with Crippen LogP contribution < -0.4 is 16.0 Å². The number of amides is 1. The summed E-state index contributed by atoms with van der Waals surface area (Å²) >= 11 is 0. The Labute approximate surface area is 101 Å². The van der Waals surface area contributed by atoms with Crippen LogP contribution in [0.5, 0.6) is 0 Å². The average molecular weight is 235 g/mol. The van der Waals surface area contributed by atoms with Gasteiger partial charge in [-0.1, -0.05) is 0 Å². The van der Waals surface area contributed by atoms with Crippen molar-refractivity contribution in [2.75, 3.05) is 44.0 Å². The minimum absolute atomic E-state index is 0.112. The van der Waals surface area contributed by atoms with E-state index in [0.29, 0.717) is 24.5 Å². The normalized spacial score (nSPS) is 15.7. The van der Waals surface area contributed by atoms with Gasteiger partial charge in [-0.25, -0.2) is 0 Å². The zero-order valence-electron chi connectivity index (χ0n) is 9.90.